The van der Waals surface area contributed by atoms with Crippen LogP contribution in [0, 0.1) is 17.7 Å². The van der Waals surface area contributed by atoms with Gasteiger partial charge in [-0.2, -0.15) is 0 Å². The zero-order valence-corrected chi connectivity index (χ0v) is 15.1. The number of amides is 1. The molecule has 2 N–H and O–H groups in total. The number of nitrogens with zero attached hydrogens (tertiary/aromatic N) is 1. The topological polar surface area (TPSA) is 52.6 Å². The Bertz CT molecular complexity index is 468. The molecule has 0 bridgehead atoms. The number of carbonyl (C=O) groups excluding carboxylic acids is 1. The van der Waals surface area contributed by atoms with Gasteiger partial charge in [0.25, 0.3) is 0 Å². The van der Waals surface area contributed by atoms with Gasteiger partial charge in [0, 0.05) is 19.0 Å². The molecule has 6 heteroatoms. The molecule has 0 spiro atoms. The van der Waals surface area contributed by atoms with Gasteiger partial charge in [-0.1, -0.05) is 32.9 Å². The van der Waals surface area contributed by atoms with Crippen LogP contribution in [0.1, 0.15) is 32.4 Å². The quantitative estimate of drug-likeness (QED) is 0.760. The molecular weight excluding hydrogens is 319 g/mol. The molecule has 1 aromatic carbocycles. The number of hydrogen-bond donors (Lipinski definition) is 2. The van der Waals surface area contributed by atoms with Gasteiger partial charge in [0.2, 0.25) is 5.91 Å². The highest BCUT2D eigenvalue weighted by Crippen LogP contribution is 2.17. The highest BCUT2D eigenvalue weighted by molar-refractivity contribution is 5.85. The summed E-state index contributed by atoms with van der Waals surface area (Å²) in [5, 5.41) is 13.3. The predicted octanol–water partition coefficient (Wildman–Crippen LogP) is 2.62. The number of rotatable bonds is 8. The number of aliphatic hydroxyl groups is 1. The second-order valence-corrected chi connectivity index (χ2v) is 6.16. The number of halogens is 2. The Morgan fingerprint density at radius 2 is 1.78 bits per heavy atom. The third-order valence-corrected chi connectivity index (χ3v) is 3.48. The third-order valence-electron chi connectivity index (χ3n) is 3.48. The van der Waals surface area contributed by atoms with Crippen LogP contribution < -0.4 is 5.32 Å². The Morgan fingerprint density at radius 3 is 2.26 bits per heavy atom. The zero-order valence-electron chi connectivity index (χ0n) is 14.3. The molecule has 1 amide bonds. The first kappa shape index (κ1) is 21.8. The lowest BCUT2D eigenvalue weighted by Crippen LogP contribution is -2.42. The molecule has 2 atom stereocenters. The van der Waals surface area contributed by atoms with E-state index in [1.807, 2.05) is 27.8 Å². The van der Waals surface area contributed by atoms with Gasteiger partial charge in [-0.25, -0.2) is 4.39 Å². The van der Waals surface area contributed by atoms with Crippen molar-refractivity contribution in [3.63, 3.8) is 0 Å². The smallest absolute Gasteiger partial charge is 0.226 e. The first-order valence-electron chi connectivity index (χ1n) is 7.72. The number of carbonyl (C=O) groups is 1. The lowest BCUT2D eigenvalue weighted by Gasteiger charge is -2.29. The van der Waals surface area contributed by atoms with Gasteiger partial charge in [0.1, 0.15) is 5.82 Å². The summed E-state index contributed by atoms with van der Waals surface area (Å²) in [7, 11) is 1.81. The standard InChI is InChI=1S/C17H27FN2O2.ClH/c1-12(2)10-20(17(22)13(3)9-19-4)11-16(21)14-5-7-15(18)8-6-14;/h5-8,12-13,16,19,21H,9-11H2,1-4H3;1H. The summed E-state index contributed by atoms with van der Waals surface area (Å²) >= 11 is 0. The molecule has 0 saturated carbocycles. The molecule has 0 aliphatic rings. The maximum atomic E-state index is 13.0. The second kappa shape index (κ2) is 10.6. The summed E-state index contributed by atoms with van der Waals surface area (Å²) in [6.07, 6.45) is -0.815. The molecule has 0 aliphatic heterocycles. The largest absolute Gasteiger partial charge is 0.387 e. The van der Waals surface area contributed by atoms with Crippen LogP contribution in [0.3, 0.4) is 0 Å². The first-order chi connectivity index (χ1) is 10.3. The van der Waals surface area contributed by atoms with Gasteiger partial charge in [-0.15, -0.1) is 12.4 Å². The van der Waals surface area contributed by atoms with E-state index in [0.717, 1.165) is 0 Å². The molecule has 0 saturated heterocycles. The van der Waals surface area contributed by atoms with Crippen molar-refractivity contribution in [2.45, 2.75) is 26.9 Å². The molecule has 23 heavy (non-hydrogen) atoms. The van der Waals surface area contributed by atoms with Crippen molar-refractivity contribution in [1.29, 1.82) is 0 Å². The van der Waals surface area contributed by atoms with E-state index in [2.05, 4.69) is 5.32 Å². The molecule has 1 aromatic rings. The molecule has 132 valence electrons. The van der Waals surface area contributed by atoms with Crippen LogP contribution in [0.25, 0.3) is 0 Å². The third kappa shape index (κ3) is 7.29. The van der Waals surface area contributed by atoms with Gasteiger partial charge in [-0.3, -0.25) is 4.79 Å². The van der Waals surface area contributed by atoms with E-state index in [1.165, 1.54) is 12.1 Å². The van der Waals surface area contributed by atoms with E-state index >= 15 is 0 Å². The fourth-order valence-electron chi connectivity index (χ4n) is 2.40. The molecule has 0 radical (unpaired) electrons. The van der Waals surface area contributed by atoms with E-state index in [-0.39, 0.29) is 36.6 Å². The minimum absolute atomic E-state index is 0. The van der Waals surface area contributed by atoms with E-state index in [1.54, 1.807) is 17.0 Å². The maximum absolute atomic E-state index is 13.0. The second-order valence-electron chi connectivity index (χ2n) is 6.16. The number of benzene rings is 1. The first-order valence-corrected chi connectivity index (χ1v) is 7.72. The maximum Gasteiger partial charge on any atom is 0.226 e. The molecular formula is C17H28ClFN2O2. The molecule has 1 rings (SSSR count). The fraction of sp³-hybridized carbons (Fsp3) is 0.588. The van der Waals surface area contributed by atoms with Crippen molar-refractivity contribution in [3.8, 4) is 0 Å². The Kier molecular flexibility index (Phi) is 10.0. The summed E-state index contributed by atoms with van der Waals surface area (Å²) in [6, 6.07) is 5.73. The van der Waals surface area contributed by atoms with Gasteiger partial charge in [-0.05, 0) is 30.7 Å². The van der Waals surface area contributed by atoms with Crippen molar-refractivity contribution < 1.29 is 14.3 Å². The highest BCUT2D eigenvalue weighted by Gasteiger charge is 2.23. The van der Waals surface area contributed by atoms with Gasteiger partial charge in [0.05, 0.1) is 12.6 Å². The fourth-order valence-corrected chi connectivity index (χ4v) is 2.40. The molecule has 0 fully saturated rings. The normalized spacial score (nSPS) is 13.3. The zero-order chi connectivity index (χ0) is 16.7. The van der Waals surface area contributed by atoms with Crippen molar-refractivity contribution in [2.75, 3.05) is 26.7 Å². The van der Waals surface area contributed by atoms with Crippen LogP contribution in [0.4, 0.5) is 4.39 Å². The number of hydrogen-bond acceptors (Lipinski definition) is 3. The van der Waals surface area contributed by atoms with E-state index in [4.69, 9.17) is 0 Å². The Hall–Kier alpha value is -1.17. The van der Waals surface area contributed by atoms with Crippen molar-refractivity contribution in [2.24, 2.45) is 11.8 Å². The predicted molar refractivity (Wildman–Crippen MR) is 93.1 cm³/mol. The summed E-state index contributed by atoms with van der Waals surface area (Å²) in [5.41, 5.74) is 0.615. The lowest BCUT2D eigenvalue weighted by atomic mass is 10.1. The molecule has 0 aromatic heterocycles. The Labute approximate surface area is 144 Å². The van der Waals surface area contributed by atoms with Gasteiger partial charge in [0.15, 0.2) is 0 Å². The monoisotopic (exact) mass is 346 g/mol. The number of nitrogens with one attached hydrogen (secondary N) is 1. The van der Waals surface area contributed by atoms with E-state index in [0.29, 0.717) is 24.6 Å². The molecule has 4 nitrogen and oxygen atoms in total. The average molecular weight is 347 g/mol. The van der Waals surface area contributed by atoms with E-state index < -0.39 is 6.10 Å². The number of aliphatic hydroxyl groups excluding tert-OH is 1. The van der Waals surface area contributed by atoms with Crippen LogP contribution in [-0.4, -0.2) is 42.6 Å². The summed E-state index contributed by atoms with van der Waals surface area (Å²) < 4.78 is 13.0. The van der Waals surface area contributed by atoms with Gasteiger partial charge >= 0.3 is 0 Å². The molecule has 0 aliphatic carbocycles. The summed E-state index contributed by atoms with van der Waals surface area (Å²) in [6.45, 7) is 7.35. The lowest BCUT2D eigenvalue weighted by molar-refractivity contribution is -0.137. The van der Waals surface area contributed by atoms with Crippen molar-refractivity contribution >= 4 is 18.3 Å². The SMILES string of the molecule is CNCC(C)C(=O)N(CC(C)C)CC(O)c1ccc(F)cc1.Cl. The minimum Gasteiger partial charge on any atom is -0.387 e. The van der Waals surface area contributed by atoms with Crippen LogP contribution in [0.15, 0.2) is 24.3 Å². The summed E-state index contributed by atoms with van der Waals surface area (Å²) in [5.74, 6) is -0.159. The minimum atomic E-state index is -0.815. The molecule has 2 unspecified atom stereocenters. The average Bonchev–Trinajstić information content (AvgIpc) is 2.46. The van der Waals surface area contributed by atoms with Crippen molar-refractivity contribution in [3.05, 3.63) is 35.6 Å². The van der Waals surface area contributed by atoms with Crippen LogP contribution in [-0.2, 0) is 4.79 Å². The summed E-state index contributed by atoms with van der Waals surface area (Å²) in [4.78, 5) is 14.2. The Morgan fingerprint density at radius 1 is 1.22 bits per heavy atom. The van der Waals surface area contributed by atoms with Crippen LogP contribution >= 0.6 is 12.4 Å². The molecule has 0 heterocycles. The van der Waals surface area contributed by atoms with Crippen LogP contribution in [0.2, 0.25) is 0 Å². The van der Waals surface area contributed by atoms with Gasteiger partial charge < -0.3 is 15.3 Å². The van der Waals surface area contributed by atoms with Crippen LogP contribution in [0.5, 0.6) is 0 Å². The highest BCUT2D eigenvalue weighted by atomic mass is 35.5. The Balaban J connectivity index is 0.00000484. The van der Waals surface area contributed by atoms with Crippen molar-refractivity contribution in [1.82, 2.24) is 10.2 Å². The van der Waals surface area contributed by atoms with E-state index in [9.17, 15) is 14.3 Å².